The van der Waals surface area contributed by atoms with Crippen LogP contribution in [0, 0.1) is 13.8 Å². The molecule has 7 heteroatoms. The number of carbonyl (C=O) groups excluding carboxylic acids is 1. The average Bonchev–Trinajstić information content (AvgIpc) is 2.81. The first-order chi connectivity index (χ1) is 11.0. The van der Waals surface area contributed by atoms with Gasteiger partial charge in [-0.2, -0.15) is 4.98 Å². The normalized spacial score (nSPS) is 10.9. The van der Waals surface area contributed by atoms with E-state index in [4.69, 9.17) is 0 Å². The number of aryl methyl sites for hydroxylation is 3. The maximum atomic E-state index is 12.2. The number of fused-ring (bicyclic) bond motifs is 1. The molecule has 1 amide bonds. The van der Waals surface area contributed by atoms with Crippen LogP contribution in [-0.4, -0.2) is 25.2 Å². The lowest BCUT2D eigenvalue weighted by Gasteiger charge is -2.11. The highest BCUT2D eigenvalue weighted by Crippen LogP contribution is 2.15. The molecule has 0 saturated carbocycles. The number of aromatic nitrogens is 4. The van der Waals surface area contributed by atoms with Crippen LogP contribution in [0.4, 0.5) is 5.95 Å². The lowest BCUT2D eigenvalue weighted by molar-refractivity contribution is -0.116. The SMILES string of the molecule is Cc1cc(=O)n(CC(=O)Nc2nc(C)n(C)n2)c2ccccc12. The average molecular weight is 311 g/mol. The van der Waals surface area contributed by atoms with Gasteiger partial charge in [-0.3, -0.25) is 24.2 Å². The smallest absolute Gasteiger partial charge is 0.251 e. The summed E-state index contributed by atoms with van der Waals surface area (Å²) < 4.78 is 3.02. The summed E-state index contributed by atoms with van der Waals surface area (Å²) in [5.41, 5.74) is 1.42. The van der Waals surface area contributed by atoms with Crippen LogP contribution in [-0.2, 0) is 18.4 Å². The van der Waals surface area contributed by atoms with Crippen molar-refractivity contribution in [2.75, 3.05) is 5.32 Å². The van der Waals surface area contributed by atoms with Crippen molar-refractivity contribution >= 4 is 22.8 Å². The van der Waals surface area contributed by atoms with Crippen LogP contribution in [0.3, 0.4) is 0 Å². The molecule has 0 aliphatic heterocycles. The van der Waals surface area contributed by atoms with Gasteiger partial charge in [-0.1, -0.05) is 18.2 Å². The molecule has 0 spiro atoms. The third kappa shape index (κ3) is 2.85. The van der Waals surface area contributed by atoms with E-state index in [1.165, 1.54) is 4.57 Å². The van der Waals surface area contributed by atoms with Gasteiger partial charge < -0.3 is 0 Å². The molecule has 0 aliphatic rings. The van der Waals surface area contributed by atoms with Crippen LogP contribution in [0.15, 0.2) is 35.1 Å². The maximum absolute atomic E-state index is 12.2. The molecule has 0 atom stereocenters. The van der Waals surface area contributed by atoms with Gasteiger partial charge in [0.25, 0.3) is 5.56 Å². The van der Waals surface area contributed by atoms with E-state index in [2.05, 4.69) is 15.4 Å². The fourth-order valence-corrected chi connectivity index (χ4v) is 2.49. The number of carbonyl (C=O) groups is 1. The Bertz CT molecular complexity index is 935. The summed E-state index contributed by atoms with van der Waals surface area (Å²) in [7, 11) is 1.75. The van der Waals surface area contributed by atoms with E-state index >= 15 is 0 Å². The maximum Gasteiger partial charge on any atom is 0.251 e. The zero-order chi connectivity index (χ0) is 16.6. The monoisotopic (exact) mass is 311 g/mol. The third-order valence-corrected chi connectivity index (χ3v) is 3.76. The number of pyridine rings is 1. The summed E-state index contributed by atoms with van der Waals surface area (Å²) >= 11 is 0. The number of nitrogens with zero attached hydrogens (tertiary/aromatic N) is 4. The summed E-state index contributed by atoms with van der Waals surface area (Å²) in [5, 5.41) is 7.64. The third-order valence-electron chi connectivity index (χ3n) is 3.76. The Morgan fingerprint density at radius 2 is 2.00 bits per heavy atom. The van der Waals surface area contributed by atoms with Crippen molar-refractivity contribution in [3.63, 3.8) is 0 Å². The molecule has 2 aromatic heterocycles. The molecule has 1 aromatic carbocycles. The van der Waals surface area contributed by atoms with Crippen molar-refractivity contribution < 1.29 is 4.79 Å². The van der Waals surface area contributed by atoms with E-state index in [-0.39, 0.29) is 24.0 Å². The van der Waals surface area contributed by atoms with Crippen molar-refractivity contribution in [3.05, 3.63) is 52.1 Å². The van der Waals surface area contributed by atoms with Crippen LogP contribution in [0.1, 0.15) is 11.4 Å². The molecular weight excluding hydrogens is 294 g/mol. The molecule has 2 heterocycles. The van der Waals surface area contributed by atoms with Crippen LogP contribution >= 0.6 is 0 Å². The summed E-state index contributed by atoms with van der Waals surface area (Å²) in [5.74, 6) is 0.587. The van der Waals surface area contributed by atoms with Crippen LogP contribution in [0.2, 0.25) is 0 Å². The van der Waals surface area contributed by atoms with E-state index in [9.17, 15) is 9.59 Å². The molecule has 0 saturated heterocycles. The van der Waals surface area contributed by atoms with Gasteiger partial charge in [0.2, 0.25) is 11.9 Å². The van der Waals surface area contributed by atoms with E-state index < -0.39 is 0 Å². The molecule has 0 aliphatic carbocycles. The minimum Gasteiger partial charge on any atom is -0.299 e. The van der Waals surface area contributed by atoms with Gasteiger partial charge in [-0.15, -0.1) is 5.10 Å². The zero-order valence-corrected chi connectivity index (χ0v) is 13.2. The fourth-order valence-electron chi connectivity index (χ4n) is 2.49. The Morgan fingerprint density at radius 1 is 1.26 bits per heavy atom. The lowest BCUT2D eigenvalue weighted by Crippen LogP contribution is -2.28. The summed E-state index contributed by atoms with van der Waals surface area (Å²) in [4.78, 5) is 28.6. The van der Waals surface area contributed by atoms with Crippen LogP contribution in [0.5, 0.6) is 0 Å². The second-order valence-electron chi connectivity index (χ2n) is 5.42. The summed E-state index contributed by atoms with van der Waals surface area (Å²) in [6.45, 7) is 3.59. The van der Waals surface area contributed by atoms with Gasteiger partial charge in [0, 0.05) is 18.5 Å². The van der Waals surface area contributed by atoms with E-state index in [0.717, 1.165) is 16.5 Å². The van der Waals surface area contributed by atoms with Gasteiger partial charge in [-0.05, 0) is 25.5 Å². The van der Waals surface area contributed by atoms with Gasteiger partial charge in [0.15, 0.2) is 0 Å². The van der Waals surface area contributed by atoms with Crippen molar-refractivity contribution in [2.45, 2.75) is 20.4 Å². The molecule has 0 unspecified atom stereocenters. The quantitative estimate of drug-likeness (QED) is 0.792. The van der Waals surface area contributed by atoms with Gasteiger partial charge in [-0.25, -0.2) is 0 Å². The highest BCUT2D eigenvalue weighted by Gasteiger charge is 2.12. The molecule has 118 valence electrons. The van der Waals surface area contributed by atoms with E-state index in [0.29, 0.717) is 5.82 Å². The van der Waals surface area contributed by atoms with Crippen molar-refractivity contribution in [1.82, 2.24) is 19.3 Å². The number of hydrogen-bond donors (Lipinski definition) is 1. The Kier molecular flexibility index (Phi) is 3.69. The lowest BCUT2D eigenvalue weighted by atomic mass is 10.1. The minimum absolute atomic E-state index is 0.0864. The number of para-hydroxylation sites is 1. The topological polar surface area (TPSA) is 81.8 Å². The first kappa shape index (κ1) is 15.0. The Labute approximate surface area is 132 Å². The molecule has 3 aromatic rings. The fraction of sp³-hybridized carbons (Fsp3) is 0.250. The number of nitrogens with one attached hydrogen (secondary N) is 1. The van der Waals surface area contributed by atoms with Crippen molar-refractivity contribution in [3.8, 4) is 0 Å². The number of benzene rings is 1. The van der Waals surface area contributed by atoms with Crippen LogP contribution < -0.4 is 10.9 Å². The number of rotatable bonds is 3. The Morgan fingerprint density at radius 3 is 2.70 bits per heavy atom. The van der Waals surface area contributed by atoms with Crippen molar-refractivity contribution in [2.24, 2.45) is 7.05 Å². The zero-order valence-electron chi connectivity index (χ0n) is 13.2. The minimum atomic E-state index is -0.341. The van der Waals surface area contributed by atoms with Gasteiger partial charge in [0.05, 0.1) is 5.52 Å². The predicted molar refractivity (Wildman–Crippen MR) is 87.3 cm³/mol. The van der Waals surface area contributed by atoms with E-state index in [1.54, 1.807) is 24.7 Å². The predicted octanol–water partition coefficient (Wildman–Crippen LogP) is 1.39. The largest absolute Gasteiger partial charge is 0.299 e. The summed E-state index contributed by atoms with van der Waals surface area (Å²) in [6.07, 6.45) is 0. The molecule has 3 rings (SSSR count). The highest BCUT2D eigenvalue weighted by atomic mass is 16.2. The molecule has 0 fully saturated rings. The number of anilines is 1. The Hall–Kier alpha value is -2.96. The van der Waals surface area contributed by atoms with E-state index in [1.807, 2.05) is 31.2 Å². The summed E-state index contributed by atoms with van der Waals surface area (Å²) in [6, 6.07) is 9.06. The molecular formula is C16H17N5O2. The number of hydrogen-bond acceptors (Lipinski definition) is 4. The first-order valence-electron chi connectivity index (χ1n) is 7.22. The van der Waals surface area contributed by atoms with Crippen molar-refractivity contribution in [1.29, 1.82) is 0 Å². The molecule has 7 nitrogen and oxygen atoms in total. The highest BCUT2D eigenvalue weighted by molar-refractivity contribution is 5.90. The molecule has 23 heavy (non-hydrogen) atoms. The standard InChI is InChI=1S/C16H17N5O2/c1-10-8-15(23)21(13-7-5-4-6-12(10)13)9-14(22)18-16-17-11(2)20(3)19-16/h4-8H,9H2,1-3H3,(H,18,19,22). The number of amides is 1. The molecule has 0 radical (unpaired) electrons. The second-order valence-corrected chi connectivity index (χ2v) is 5.42. The Balaban J connectivity index is 1.92. The van der Waals surface area contributed by atoms with Gasteiger partial charge >= 0.3 is 0 Å². The molecule has 0 bridgehead atoms. The molecule has 1 N–H and O–H groups in total. The second kappa shape index (κ2) is 5.68. The van der Waals surface area contributed by atoms with Gasteiger partial charge in [0.1, 0.15) is 12.4 Å². The first-order valence-corrected chi connectivity index (χ1v) is 7.22. The van der Waals surface area contributed by atoms with Crippen LogP contribution in [0.25, 0.3) is 10.9 Å².